The van der Waals surface area contributed by atoms with E-state index >= 15 is 0 Å². The fourth-order valence-corrected chi connectivity index (χ4v) is 2.82. The van der Waals surface area contributed by atoms with Gasteiger partial charge >= 0.3 is 0 Å². The number of likely N-dealkylation sites (N-methyl/N-ethyl adjacent to an activating group) is 1. The van der Waals surface area contributed by atoms with Crippen LogP contribution < -0.4 is 10.6 Å². The second kappa shape index (κ2) is 7.07. The van der Waals surface area contributed by atoms with Gasteiger partial charge < -0.3 is 15.5 Å². The van der Waals surface area contributed by atoms with Crippen molar-refractivity contribution in [1.82, 2.24) is 14.9 Å². The molecule has 0 amide bonds. The van der Waals surface area contributed by atoms with Crippen LogP contribution in [0.5, 0.6) is 0 Å². The SMILES string of the molecule is CNc1nc(C(C)C)nc(NCC2CCCCN2C)c1C. The highest BCUT2D eigenvalue weighted by atomic mass is 15.2. The zero-order valence-corrected chi connectivity index (χ0v) is 14.0. The van der Waals surface area contributed by atoms with E-state index in [9.17, 15) is 0 Å². The second-order valence-corrected chi connectivity index (χ2v) is 6.32. The largest absolute Gasteiger partial charge is 0.373 e. The van der Waals surface area contributed by atoms with Crippen LogP contribution in [0.15, 0.2) is 0 Å². The van der Waals surface area contributed by atoms with Gasteiger partial charge in [-0.3, -0.25) is 0 Å². The molecule has 0 saturated carbocycles. The van der Waals surface area contributed by atoms with E-state index in [4.69, 9.17) is 4.98 Å². The van der Waals surface area contributed by atoms with Gasteiger partial charge in [0.1, 0.15) is 17.5 Å². The van der Waals surface area contributed by atoms with Gasteiger partial charge in [0.2, 0.25) is 0 Å². The molecule has 0 bridgehead atoms. The number of hydrogen-bond donors (Lipinski definition) is 2. The highest BCUT2D eigenvalue weighted by Gasteiger charge is 2.19. The molecule has 5 nitrogen and oxygen atoms in total. The standard InChI is InChI=1S/C16H29N5/c1-11(2)14-19-15(17-4)12(3)16(20-14)18-10-13-8-6-7-9-21(13)5/h11,13H,6-10H2,1-5H3,(H2,17,18,19,20). The zero-order chi connectivity index (χ0) is 15.4. The van der Waals surface area contributed by atoms with Gasteiger partial charge in [0.05, 0.1) is 0 Å². The molecule has 1 aliphatic rings. The molecular weight excluding hydrogens is 262 g/mol. The molecule has 1 saturated heterocycles. The number of piperidine rings is 1. The van der Waals surface area contributed by atoms with E-state index in [1.54, 1.807) is 0 Å². The fraction of sp³-hybridized carbons (Fsp3) is 0.750. The lowest BCUT2D eigenvalue weighted by atomic mass is 10.0. The molecule has 0 radical (unpaired) electrons. The van der Waals surface area contributed by atoms with Crippen LogP contribution in [0, 0.1) is 6.92 Å². The summed E-state index contributed by atoms with van der Waals surface area (Å²) >= 11 is 0. The topological polar surface area (TPSA) is 53.1 Å². The first-order chi connectivity index (χ1) is 10.0. The predicted molar refractivity (Wildman–Crippen MR) is 89.2 cm³/mol. The molecule has 0 aromatic carbocycles. The van der Waals surface area contributed by atoms with Crippen molar-refractivity contribution >= 4 is 11.6 Å². The van der Waals surface area contributed by atoms with Gasteiger partial charge in [-0.05, 0) is 33.4 Å². The number of anilines is 2. The van der Waals surface area contributed by atoms with E-state index in [0.717, 1.165) is 29.6 Å². The average molecular weight is 291 g/mol. The van der Waals surface area contributed by atoms with Gasteiger partial charge in [-0.25, -0.2) is 9.97 Å². The highest BCUT2D eigenvalue weighted by molar-refractivity contribution is 5.57. The Balaban J connectivity index is 2.12. The summed E-state index contributed by atoms with van der Waals surface area (Å²) in [6.07, 6.45) is 3.92. The molecule has 1 aliphatic heterocycles. The van der Waals surface area contributed by atoms with E-state index in [1.807, 2.05) is 7.05 Å². The van der Waals surface area contributed by atoms with E-state index in [1.165, 1.54) is 25.8 Å². The monoisotopic (exact) mass is 291 g/mol. The maximum absolute atomic E-state index is 4.71. The number of hydrogen-bond acceptors (Lipinski definition) is 5. The Morgan fingerprint density at radius 2 is 1.95 bits per heavy atom. The summed E-state index contributed by atoms with van der Waals surface area (Å²) in [6.45, 7) is 8.48. The number of aromatic nitrogens is 2. The van der Waals surface area contributed by atoms with Crippen molar-refractivity contribution in [3.8, 4) is 0 Å². The van der Waals surface area contributed by atoms with Crippen LogP contribution in [0.3, 0.4) is 0 Å². The highest BCUT2D eigenvalue weighted by Crippen LogP contribution is 2.23. The lowest BCUT2D eigenvalue weighted by molar-refractivity contribution is 0.194. The van der Waals surface area contributed by atoms with Gasteiger partial charge in [-0.15, -0.1) is 0 Å². The first-order valence-electron chi connectivity index (χ1n) is 8.03. The molecule has 1 unspecified atom stereocenters. The Morgan fingerprint density at radius 1 is 1.24 bits per heavy atom. The average Bonchev–Trinajstić information content (AvgIpc) is 2.47. The molecule has 0 aliphatic carbocycles. The predicted octanol–water partition coefficient (Wildman–Crippen LogP) is 2.85. The van der Waals surface area contributed by atoms with E-state index in [-0.39, 0.29) is 0 Å². The van der Waals surface area contributed by atoms with Crippen LogP contribution in [0.1, 0.15) is 50.4 Å². The van der Waals surface area contributed by atoms with E-state index < -0.39 is 0 Å². The van der Waals surface area contributed by atoms with Crippen molar-refractivity contribution in [2.24, 2.45) is 0 Å². The molecule has 2 rings (SSSR count). The van der Waals surface area contributed by atoms with Crippen LogP contribution in [-0.2, 0) is 0 Å². The molecule has 1 aromatic heterocycles. The van der Waals surface area contributed by atoms with Crippen molar-refractivity contribution < 1.29 is 0 Å². The number of nitrogens with zero attached hydrogens (tertiary/aromatic N) is 3. The smallest absolute Gasteiger partial charge is 0.135 e. The molecule has 1 fully saturated rings. The van der Waals surface area contributed by atoms with Gasteiger partial charge in [0.25, 0.3) is 0 Å². The first-order valence-corrected chi connectivity index (χ1v) is 8.03. The van der Waals surface area contributed by atoms with Gasteiger partial charge in [-0.2, -0.15) is 0 Å². The summed E-state index contributed by atoms with van der Waals surface area (Å²) < 4.78 is 0. The molecular formula is C16H29N5. The van der Waals surface area contributed by atoms with Crippen LogP contribution >= 0.6 is 0 Å². The minimum Gasteiger partial charge on any atom is -0.373 e. The van der Waals surface area contributed by atoms with Crippen molar-refractivity contribution in [2.45, 2.75) is 52.0 Å². The maximum Gasteiger partial charge on any atom is 0.135 e. The molecule has 2 N–H and O–H groups in total. The summed E-state index contributed by atoms with van der Waals surface area (Å²) in [7, 11) is 4.13. The van der Waals surface area contributed by atoms with Crippen molar-refractivity contribution in [1.29, 1.82) is 0 Å². The summed E-state index contributed by atoms with van der Waals surface area (Å²) in [6, 6.07) is 0.605. The van der Waals surface area contributed by atoms with Crippen molar-refractivity contribution in [3.05, 3.63) is 11.4 Å². The van der Waals surface area contributed by atoms with Crippen molar-refractivity contribution in [3.63, 3.8) is 0 Å². The maximum atomic E-state index is 4.71. The van der Waals surface area contributed by atoms with Gasteiger partial charge in [0.15, 0.2) is 0 Å². The third kappa shape index (κ3) is 3.84. The minimum atomic E-state index is 0.329. The number of rotatable bonds is 5. The molecule has 1 atom stereocenters. The Hall–Kier alpha value is -1.36. The fourth-order valence-electron chi connectivity index (χ4n) is 2.82. The van der Waals surface area contributed by atoms with E-state index in [2.05, 4.69) is 48.3 Å². The Morgan fingerprint density at radius 3 is 2.57 bits per heavy atom. The van der Waals surface area contributed by atoms with Crippen LogP contribution in [0.25, 0.3) is 0 Å². The summed E-state index contributed by atoms with van der Waals surface area (Å²) in [4.78, 5) is 11.8. The van der Waals surface area contributed by atoms with Crippen LogP contribution in [-0.4, -0.2) is 48.1 Å². The molecule has 1 aromatic rings. The van der Waals surface area contributed by atoms with Crippen molar-refractivity contribution in [2.75, 3.05) is 37.8 Å². The molecule has 5 heteroatoms. The number of likely N-dealkylation sites (tertiary alicyclic amines) is 1. The first kappa shape index (κ1) is 16.0. The Kier molecular flexibility index (Phi) is 5.39. The number of nitrogens with one attached hydrogen (secondary N) is 2. The lowest BCUT2D eigenvalue weighted by Crippen LogP contribution is -2.41. The normalized spacial score (nSPS) is 19.8. The van der Waals surface area contributed by atoms with Gasteiger partial charge in [-0.1, -0.05) is 20.3 Å². The third-order valence-corrected chi connectivity index (χ3v) is 4.34. The quantitative estimate of drug-likeness (QED) is 0.873. The summed E-state index contributed by atoms with van der Waals surface area (Å²) in [5.41, 5.74) is 1.10. The van der Waals surface area contributed by atoms with Crippen LogP contribution in [0.4, 0.5) is 11.6 Å². The molecule has 118 valence electrons. The Bertz CT molecular complexity index is 472. The minimum absolute atomic E-state index is 0.329. The van der Waals surface area contributed by atoms with E-state index in [0.29, 0.717) is 12.0 Å². The van der Waals surface area contributed by atoms with Crippen LogP contribution in [0.2, 0.25) is 0 Å². The molecule has 0 spiro atoms. The second-order valence-electron chi connectivity index (χ2n) is 6.32. The third-order valence-electron chi connectivity index (χ3n) is 4.34. The molecule has 2 heterocycles. The Labute approximate surface area is 128 Å². The summed E-state index contributed by atoms with van der Waals surface area (Å²) in [5, 5.41) is 6.73. The van der Waals surface area contributed by atoms with Gasteiger partial charge in [0, 0.05) is 31.1 Å². The summed E-state index contributed by atoms with van der Waals surface area (Å²) in [5.74, 6) is 3.12. The zero-order valence-electron chi connectivity index (χ0n) is 14.0. The lowest BCUT2D eigenvalue weighted by Gasteiger charge is -2.32. The molecule has 21 heavy (non-hydrogen) atoms.